The number of hydrogen-bond donors (Lipinski definition) is 1. The van der Waals surface area contributed by atoms with Crippen molar-refractivity contribution in [2.24, 2.45) is 0 Å². The van der Waals surface area contributed by atoms with E-state index in [0.29, 0.717) is 13.1 Å². The molecule has 0 aliphatic rings. The number of nitrogens with one attached hydrogen (secondary N) is 1. The Balaban J connectivity index is 2.49. The first kappa shape index (κ1) is 18.0. The second kappa shape index (κ2) is 7.04. The maximum Gasteiger partial charge on any atom is 0.434 e. The average molecular weight is 340 g/mol. The third-order valence-electron chi connectivity index (χ3n) is 3.56. The molecule has 0 bridgehead atoms. The van der Waals surface area contributed by atoms with Crippen molar-refractivity contribution in [1.82, 2.24) is 20.0 Å². The van der Waals surface area contributed by atoms with Crippen molar-refractivity contribution in [2.75, 3.05) is 27.2 Å². The molecule has 2 aromatic rings. The molecule has 0 saturated carbocycles. The monoisotopic (exact) mass is 340 g/mol. The lowest BCUT2D eigenvalue weighted by Crippen LogP contribution is -2.34. The number of carbonyl (C=O) groups excluding carboxylic acids is 1. The largest absolute Gasteiger partial charge is 0.434 e. The number of hydrogen-bond acceptors (Lipinski definition) is 3. The fraction of sp³-hybridized carbons (Fsp3) is 0.375. The van der Waals surface area contributed by atoms with E-state index in [1.807, 2.05) is 0 Å². The summed E-state index contributed by atoms with van der Waals surface area (Å²) in [4.78, 5) is 13.6. The Bertz CT molecular complexity index is 724. The Morgan fingerprint density at radius 3 is 2.67 bits per heavy atom. The first-order valence-corrected chi connectivity index (χ1v) is 7.38. The molecule has 0 saturated heterocycles. The summed E-state index contributed by atoms with van der Waals surface area (Å²) in [5, 5.41) is 6.66. The van der Waals surface area contributed by atoms with Crippen molar-refractivity contribution in [3.63, 3.8) is 0 Å². The molecule has 0 aliphatic carbocycles. The van der Waals surface area contributed by atoms with Gasteiger partial charge in [-0.1, -0.05) is 12.1 Å². The summed E-state index contributed by atoms with van der Waals surface area (Å²) in [7, 11) is 3.17. The summed E-state index contributed by atoms with van der Waals surface area (Å²) in [5.41, 5.74) is -0.452. The Kier molecular flexibility index (Phi) is 5.28. The van der Waals surface area contributed by atoms with Crippen LogP contribution in [0.4, 0.5) is 13.2 Å². The molecule has 1 heterocycles. The number of alkyl halides is 3. The van der Waals surface area contributed by atoms with Gasteiger partial charge in [0.1, 0.15) is 0 Å². The van der Waals surface area contributed by atoms with E-state index in [9.17, 15) is 18.0 Å². The minimum atomic E-state index is -4.70. The van der Waals surface area contributed by atoms with E-state index in [4.69, 9.17) is 0 Å². The van der Waals surface area contributed by atoms with E-state index in [-0.39, 0.29) is 5.69 Å². The predicted octanol–water partition coefficient (Wildman–Crippen LogP) is 2.49. The molecule has 130 valence electrons. The molecule has 1 N–H and O–H groups in total. The van der Waals surface area contributed by atoms with Crippen molar-refractivity contribution < 1.29 is 18.0 Å². The van der Waals surface area contributed by atoms with Crippen molar-refractivity contribution in [3.8, 4) is 5.69 Å². The van der Waals surface area contributed by atoms with Crippen LogP contribution < -0.4 is 5.32 Å². The fourth-order valence-corrected chi connectivity index (χ4v) is 2.32. The lowest BCUT2D eigenvalue weighted by Gasteiger charge is -2.18. The molecule has 0 atom stereocenters. The lowest BCUT2D eigenvalue weighted by atomic mass is 10.2. The molecule has 24 heavy (non-hydrogen) atoms. The molecule has 1 amide bonds. The quantitative estimate of drug-likeness (QED) is 0.910. The van der Waals surface area contributed by atoms with Crippen LogP contribution in [0.2, 0.25) is 0 Å². The molecule has 1 aromatic heterocycles. The van der Waals surface area contributed by atoms with Gasteiger partial charge in [0.25, 0.3) is 5.91 Å². The van der Waals surface area contributed by atoms with Crippen LogP contribution in [0.25, 0.3) is 5.69 Å². The summed E-state index contributed by atoms with van der Waals surface area (Å²) >= 11 is 0. The van der Waals surface area contributed by atoms with Gasteiger partial charge in [0, 0.05) is 20.1 Å². The van der Waals surface area contributed by atoms with Gasteiger partial charge in [0.15, 0.2) is 5.69 Å². The highest BCUT2D eigenvalue weighted by Crippen LogP contribution is 2.34. The highest BCUT2D eigenvalue weighted by Gasteiger charge is 2.41. The second-order valence-corrected chi connectivity index (χ2v) is 5.49. The second-order valence-electron chi connectivity index (χ2n) is 5.49. The number of likely N-dealkylation sites (N-methyl/N-ethyl adjacent to an activating group) is 2. The van der Waals surface area contributed by atoms with Gasteiger partial charge < -0.3 is 10.2 Å². The van der Waals surface area contributed by atoms with Crippen LogP contribution >= 0.6 is 0 Å². The van der Waals surface area contributed by atoms with E-state index in [0.717, 1.165) is 16.4 Å². The third kappa shape index (κ3) is 3.76. The van der Waals surface area contributed by atoms with Crippen molar-refractivity contribution in [1.29, 1.82) is 0 Å². The Morgan fingerprint density at radius 2 is 2.08 bits per heavy atom. The van der Waals surface area contributed by atoms with Crippen LogP contribution in [0.15, 0.2) is 30.5 Å². The van der Waals surface area contributed by atoms with Gasteiger partial charge in [-0.15, -0.1) is 0 Å². The number of nitrogens with zero attached hydrogens (tertiary/aromatic N) is 3. The zero-order chi connectivity index (χ0) is 17.9. The zero-order valence-electron chi connectivity index (χ0n) is 13.7. The van der Waals surface area contributed by atoms with Crippen LogP contribution in [0.3, 0.4) is 0 Å². The summed E-state index contributed by atoms with van der Waals surface area (Å²) in [6, 6.07) is 6.53. The van der Waals surface area contributed by atoms with Crippen LogP contribution in [0.5, 0.6) is 0 Å². The molecule has 1 aromatic carbocycles. The molecule has 0 spiro atoms. The normalized spacial score (nSPS) is 11.6. The standard InChI is InChI=1S/C16H19F3N4O/c1-11-5-4-6-12(9-11)23-14(16(17,18)19)13(10-21-23)15(24)22(3)8-7-20-2/h4-6,9-10,20H,7-8H2,1-3H3. The van der Waals surface area contributed by atoms with Crippen molar-refractivity contribution in [2.45, 2.75) is 13.1 Å². The van der Waals surface area contributed by atoms with E-state index >= 15 is 0 Å². The summed E-state index contributed by atoms with van der Waals surface area (Å²) in [6.45, 7) is 2.55. The Morgan fingerprint density at radius 1 is 1.38 bits per heavy atom. The molecule has 2 rings (SSSR count). The van der Waals surface area contributed by atoms with E-state index < -0.39 is 23.3 Å². The summed E-state index contributed by atoms with van der Waals surface area (Å²) in [6.07, 6.45) is -3.72. The number of amides is 1. The highest BCUT2D eigenvalue weighted by atomic mass is 19.4. The Labute approximate surface area is 138 Å². The number of carbonyl (C=O) groups is 1. The average Bonchev–Trinajstić information content (AvgIpc) is 2.97. The first-order chi connectivity index (χ1) is 11.3. The maximum absolute atomic E-state index is 13.6. The van der Waals surface area contributed by atoms with Crippen molar-refractivity contribution in [3.05, 3.63) is 47.3 Å². The van der Waals surface area contributed by atoms with Crippen LogP contribution in [-0.2, 0) is 6.18 Å². The summed E-state index contributed by atoms with van der Waals surface area (Å²) < 4.78 is 41.5. The number of benzene rings is 1. The van der Waals surface area contributed by atoms with Gasteiger partial charge in [0.2, 0.25) is 0 Å². The van der Waals surface area contributed by atoms with Gasteiger partial charge in [-0.3, -0.25) is 4.79 Å². The number of aryl methyl sites for hydroxylation is 1. The van der Waals surface area contributed by atoms with Crippen molar-refractivity contribution >= 4 is 5.91 Å². The SMILES string of the molecule is CNCCN(C)C(=O)c1cnn(-c2cccc(C)c2)c1C(F)(F)F. The van der Waals surface area contributed by atoms with E-state index in [1.54, 1.807) is 32.2 Å². The zero-order valence-corrected chi connectivity index (χ0v) is 13.7. The van der Waals surface area contributed by atoms with E-state index in [2.05, 4.69) is 10.4 Å². The molecular weight excluding hydrogens is 321 g/mol. The minimum absolute atomic E-state index is 0.263. The molecule has 0 aliphatic heterocycles. The van der Waals surface area contributed by atoms with Gasteiger partial charge in [-0.05, 0) is 31.7 Å². The third-order valence-corrected chi connectivity index (χ3v) is 3.56. The molecule has 0 fully saturated rings. The Hall–Kier alpha value is -2.35. The van der Waals surface area contributed by atoms with Crippen LogP contribution in [0.1, 0.15) is 21.6 Å². The first-order valence-electron chi connectivity index (χ1n) is 7.38. The predicted molar refractivity (Wildman–Crippen MR) is 84.2 cm³/mol. The van der Waals surface area contributed by atoms with Gasteiger partial charge in [0.05, 0.1) is 17.4 Å². The topological polar surface area (TPSA) is 50.2 Å². The van der Waals surface area contributed by atoms with Gasteiger partial charge in [-0.2, -0.15) is 18.3 Å². The maximum atomic E-state index is 13.6. The van der Waals surface area contributed by atoms with E-state index in [1.165, 1.54) is 18.0 Å². The molecular formula is C16H19F3N4O. The minimum Gasteiger partial charge on any atom is -0.340 e. The number of rotatable bonds is 5. The highest BCUT2D eigenvalue weighted by molar-refractivity contribution is 5.95. The lowest BCUT2D eigenvalue weighted by molar-refractivity contribution is -0.143. The number of aromatic nitrogens is 2. The molecule has 0 unspecified atom stereocenters. The summed E-state index contributed by atoms with van der Waals surface area (Å²) in [5.74, 6) is -0.712. The van der Waals surface area contributed by atoms with Gasteiger partial charge >= 0.3 is 6.18 Å². The molecule has 5 nitrogen and oxygen atoms in total. The molecule has 0 radical (unpaired) electrons. The van der Waals surface area contributed by atoms with Crippen LogP contribution in [0, 0.1) is 6.92 Å². The fourth-order valence-electron chi connectivity index (χ4n) is 2.32. The molecule has 8 heteroatoms. The van der Waals surface area contributed by atoms with Gasteiger partial charge in [-0.25, -0.2) is 4.68 Å². The smallest absolute Gasteiger partial charge is 0.340 e. The van der Waals surface area contributed by atoms with Crippen LogP contribution in [-0.4, -0.2) is 47.8 Å². The number of halogens is 3.